The van der Waals surface area contributed by atoms with Gasteiger partial charge in [0.1, 0.15) is 5.75 Å². The van der Waals surface area contributed by atoms with E-state index in [4.69, 9.17) is 10.5 Å². The van der Waals surface area contributed by atoms with Crippen LogP contribution in [-0.2, 0) is 0 Å². The maximum absolute atomic E-state index is 5.56. The fourth-order valence-electron chi connectivity index (χ4n) is 1.03. The van der Waals surface area contributed by atoms with Gasteiger partial charge in [0.05, 0.1) is 7.11 Å². The van der Waals surface area contributed by atoms with Crippen LogP contribution in [0.4, 0.5) is 0 Å². The minimum atomic E-state index is 0.525. The lowest BCUT2D eigenvalue weighted by molar-refractivity contribution is 0.415. The molecule has 0 aliphatic rings. The summed E-state index contributed by atoms with van der Waals surface area (Å²) in [6.45, 7) is 0.525. The molecule has 0 saturated heterocycles. The molecule has 0 radical (unpaired) electrons. The number of benzene rings is 1. The van der Waals surface area contributed by atoms with Gasteiger partial charge in [-0.05, 0) is 28.3 Å². The molecule has 0 spiro atoms. The van der Waals surface area contributed by atoms with Gasteiger partial charge in [-0.3, -0.25) is 0 Å². The third kappa shape index (κ3) is 2.57. The van der Waals surface area contributed by atoms with E-state index in [1.807, 2.05) is 29.3 Å². The molecule has 0 heterocycles. The van der Waals surface area contributed by atoms with Gasteiger partial charge in [0.2, 0.25) is 0 Å². The Labute approximate surface area is 86.5 Å². The predicted octanol–water partition coefficient (Wildman–Crippen LogP) is 2.39. The van der Waals surface area contributed by atoms with Gasteiger partial charge in [0.25, 0.3) is 0 Å². The van der Waals surface area contributed by atoms with Crippen LogP contribution in [0.25, 0.3) is 5.57 Å². The molecule has 0 atom stereocenters. The number of methoxy groups -OCH3 is 1. The number of halogens is 1. The van der Waals surface area contributed by atoms with Gasteiger partial charge >= 0.3 is 0 Å². The van der Waals surface area contributed by atoms with E-state index in [1.54, 1.807) is 7.11 Å². The lowest BCUT2D eigenvalue weighted by atomic mass is 10.1. The number of ether oxygens (including phenoxy) is 1. The highest BCUT2D eigenvalue weighted by atomic mass is 79.9. The Bertz CT molecular complexity index is 292. The summed E-state index contributed by atoms with van der Waals surface area (Å²) in [7, 11) is 1.65. The smallest absolute Gasteiger partial charge is 0.118 e. The third-order valence-electron chi connectivity index (χ3n) is 1.81. The maximum Gasteiger partial charge on any atom is 0.118 e. The standard InChI is InChI=1S/C10H12BrNO/c1-13-10-4-2-8(3-5-10)9(6-11)7-12/h2-6H,7,12H2,1H3/b9-6-. The summed E-state index contributed by atoms with van der Waals surface area (Å²) in [5.41, 5.74) is 7.74. The number of hydrogen-bond acceptors (Lipinski definition) is 2. The van der Waals surface area contributed by atoms with Crippen LogP contribution in [0.2, 0.25) is 0 Å². The highest BCUT2D eigenvalue weighted by molar-refractivity contribution is 9.11. The van der Waals surface area contributed by atoms with Crippen LogP contribution in [0.3, 0.4) is 0 Å². The Balaban J connectivity index is 2.91. The molecule has 1 rings (SSSR count). The first-order valence-corrected chi connectivity index (χ1v) is 4.87. The monoisotopic (exact) mass is 241 g/mol. The first kappa shape index (κ1) is 10.3. The number of rotatable bonds is 3. The van der Waals surface area contributed by atoms with Gasteiger partial charge in [-0.2, -0.15) is 0 Å². The first-order valence-electron chi connectivity index (χ1n) is 3.95. The summed E-state index contributed by atoms with van der Waals surface area (Å²) < 4.78 is 5.05. The Morgan fingerprint density at radius 2 is 2.08 bits per heavy atom. The van der Waals surface area contributed by atoms with Gasteiger partial charge in [-0.15, -0.1) is 0 Å². The lowest BCUT2D eigenvalue weighted by Crippen LogP contribution is -2.01. The quantitative estimate of drug-likeness (QED) is 0.883. The van der Waals surface area contributed by atoms with Crippen molar-refractivity contribution in [3.05, 3.63) is 34.8 Å². The van der Waals surface area contributed by atoms with Crippen molar-refractivity contribution in [3.63, 3.8) is 0 Å². The fourth-order valence-corrected chi connectivity index (χ4v) is 1.48. The third-order valence-corrected chi connectivity index (χ3v) is 2.37. The molecule has 1 aromatic carbocycles. The molecule has 0 bridgehead atoms. The molecule has 3 heteroatoms. The van der Waals surface area contributed by atoms with Crippen LogP contribution in [0.1, 0.15) is 5.56 Å². The average molecular weight is 242 g/mol. The van der Waals surface area contributed by atoms with Crippen LogP contribution in [0.5, 0.6) is 5.75 Å². The largest absolute Gasteiger partial charge is 0.497 e. The highest BCUT2D eigenvalue weighted by Gasteiger charge is 1.98. The first-order chi connectivity index (χ1) is 6.31. The van der Waals surface area contributed by atoms with E-state index in [-0.39, 0.29) is 0 Å². The van der Waals surface area contributed by atoms with E-state index in [0.29, 0.717) is 6.54 Å². The molecule has 0 aliphatic heterocycles. The second-order valence-corrected chi connectivity index (χ2v) is 3.02. The van der Waals surface area contributed by atoms with Crippen LogP contribution < -0.4 is 10.5 Å². The maximum atomic E-state index is 5.56. The summed E-state index contributed by atoms with van der Waals surface area (Å²) >= 11 is 3.28. The van der Waals surface area contributed by atoms with E-state index in [0.717, 1.165) is 16.9 Å². The summed E-state index contributed by atoms with van der Waals surface area (Å²) in [5, 5.41) is 0. The van der Waals surface area contributed by atoms with Crippen LogP contribution in [0.15, 0.2) is 29.3 Å². The summed E-state index contributed by atoms with van der Waals surface area (Å²) in [6.07, 6.45) is 0. The Morgan fingerprint density at radius 1 is 1.46 bits per heavy atom. The molecule has 0 saturated carbocycles. The summed E-state index contributed by atoms with van der Waals surface area (Å²) in [5.74, 6) is 0.856. The molecule has 2 N–H and O–H groups in total. The second kappa shape index (κ2) is 5.04. The van der Waals surface area contributed by atoms with Gasteiger partial charge < -0.3 is 10.5 Å². The highest BCUT2D eigenvalue weighted by Crippen LogP contribution is 2.18. The Hall–Kier alpha value is -0.800. The molecule has 70 valence electrons. The van der Waals surface area contributed by atoms with Gasteiger partial charge in [-0.1, -0.05) is 28.1 Å². The summed E-state index contributed by atoms with van der Waals surface area (Å²) in [4.78, 5) is 1.84. The van der Waals surface area contributed by atoms with E-state index in [2.05, 4.69) is 15.9 Å². The van der Waals surface area contributed by atoms with E-state index < -0.39 is 0 Å². The fraction of sp³-hybridized carbons (Fsp3) is 0.200. The average Bonchev–Trinajstić information content (AvgIpc) is 2.21. The lowest BCUT2D eigenvalue weighted by Gasteiger charge is -2.04. The minimum Gasteiger partial charge on any atom is -0.497 e. The van der Waals surface area contributed by atoms with Crippen molar-refractivity contribution in [3.8, 4) is 5.75 Å². The zero-order valence-corrected chi connectivity index (χ0v) is 9.04. The second-order valence-electron chi connectivity index (χ2n) is 2.57. The number of hydrogen-bond donors (Lipinski definition) is 1. The molecular formula is C10H12BrNO. The minimum absolute atomic E-state index is 0.525. The van der Waals surface area contributed by atoms with Crippen molar-refractivity contribution < 1.29 is 4.74 Å². The normalized spacial score (nSPS) is 11.5. The molecule has 0 amide bonds. The molecule has 2 nitrogen and oxygen atoms in total. The molecule has 0 fully saturated rings. The van der Waals surface area contributed by atoms with Crippen molar-refractivity contribution in [1.29, 1.82) is 0 Å². The Kier molecular flexibility index (Phi) is 3.99. The van der Waals surface area contributed by atoms with Gasteiger partial charge in [-0.25, -0.2) is 0 Å². The molecule has 0 aromatic heterocycles. The topological polar surface area (TPSA) is 35.2 Å². The zero-order valence-electron chi connectivity index (χ0n) is 7.46. The van der Waals surface area contributed by atoms with Crippen molar-refractivity contribution in [1.82, 2.24) is 0 Å². The van der Waals surface area contributed by atoms with E-state index in [9.17, 15) is 0 Å². The van der Waals surface area contributed by atoms with Crippen molar-refractivity contribution >= 4 is 21.5 Å². The van der Waals surface area contributed by atoms with E-state index >= 15 is 0 Å². The molecular weight excluding hydrogens is 230 g/mol. The SMILES string of the molecule is COc1ccc(/C(=C\Br)CN)cc1. The van der Waals surface area contributed by atoms with Gasteiger partial charge in [0, 0.05) is 6.54 Å². The molecule has 1 aromatic rings. The van der Waals surface area contributed by atoms with Gasteiger partial charge in [0.15, 0.2) is 0 Å². The van der Waals surface area contributed by atoms with Crippen LogP contribution in [0, 0.1) is 0 Å². The van der Waals surface area contributed by atoms with Crippen LogP contribution in [-0.4, -0.2) is 13.7 Å². The van der Waals surface area contributed by atoms with Crippen LogP contribution >= 0.6 is 15.9 Å². The zero-order chi connectivity index (χ0) is 9.68. The number of nitrogens with two attached hydrogens (primary N) is 1. The molecule has 13 heavy (non-hydrogen) atoms. The van der Waals surface area contributed by atoms with Crippen molar-refractivity contribution in [2.75, 3.05) is 13.7 Å². The molecule has 0 unspecified atom stereocenters. The van der Waals surface area contributed by atoms with Crippen molar-refractivity contribution in [2.24, 2.45) is 5.73 Å². The summed E-state index contributed by atoms with van der Waals surface area (Å²) in [6, 6.07) is 7.81. The predicted molar refractivity (Wildman–Crippen MR) is 59.0 cm³/mol. The molecule has 0 aliphatic carbocycles. The Morgan fingerprint density at radius 3 is 2.46 bits per heavy atom. The van der Waals surface area contributed by atoms with Crippen molar-refractivity contribution in [2.45, 2.75) is 0 Å². The van der Waals surface area contributed by atoms with E-state index in [1.165, 1.54) is 0 Å².